The summed E-state index contributed by atoms with van der Waals surface area (Å²) in [7, 11) is 0. The minimum atomic E-state index is 0.692. The van der Waals surface area contributed by atoms with Crippen molar-refractivity contribution in [3.05, 3.63) is 60.8 Å². The fraction of sp³-hybridized carbons (Fsp3) is 0.125. The molecule has 2 aromatic carbocycles. The lowest BCUT2D eigenvalue weighted by Gasteiger charge is -2.05. The Morgan fingerprint density at radius 1 is 0.950 bits per heavy atom. The second-order valence-corrected chi connectivity index (χ2v) is 5.51. The number of nitrogens with zero attached hydrogens (tertiary/aromatic N) is 2. The van der Waals surface area contributed by atoms with Crippen molar-refractivity contribution in [1.82, 2.24) is 9.97 Å². The highest BCUT2D eigenvalue weighted by Crippen LogP contribution is 2.16. The molecule has 0 bridgehead atoms. The van der Waals surface area contributed by atoms with E-state index in [9.17, 15) is 0 Å². The minimum Gasteiger partial charge on any atom is -0.353 e. The lowest BCUT2D eigenvalue weighted by Crippen LogP contribution is -2.07. The Balaban J connectivity index is 1.55. The van der Waals surface area contributed by atoms with Gasteiger partial charge in [-0.25, -0.2) is 9.97 Å². The highest BCUT2D eigenvalue weighted by Gasteiger charge is 1.99. The van der Waals surface area contributed by atoms with Gasteiger partial charge in [0.25, 0.3) is 0 Å². The molecule has 1 N–H and O–H groups in total. The number of anilines is 1. The van der Waals surface area contributed by atoms with E-state index in [1.165, 1.54) is 4.90 Å². The number of hydrogen-bond acceptors (Lipinski definition) is 4. The van der Waals surface area contributed by atoms with Gasteiger partial charge in [0, 0.05) is 28.8 Å². The third kappa shape index (κ3) is 3.27. The number of para-hydroxylation sites is 1. The van der Waals surface area contributed by atoms with E-state index in [1.54, 1.807) is 0 Å². The van der Waals surface area contributed by atoms with Gasteiger partial charge in [-0.15, -0.1) is 11.8 Å². The van der Waals surface area contributed by atoms with E-state index in [1.807, 2.05) is 48.3 Å². The third-order valence-electron chi connectivity index (χ3n) is 2.89. The van der Waals surface area contributed by atoms with Crippen LogP contribution in [0.15, 0.2) is 65.7 Å². The molecule has 0 saturated carbocycles. The topological polar surface area (TPSA) is 37.8 Å². The van der Waals surface area contributed by atoms with Gasteiger partial charge in [0.05, 0.1) is 5.52 Å². The molecule has 3 rings (SSSR count). The molecule has 1 heterocycles. The normalized spacial score (nSPS) is 10.6. The fourth-order valence-corrected chi connectivity index (χ4v) is 2.70. The highest BCUT2D eigenvalue weighted by atomic mass is 32.2. The zero-order chi connectivity index (χ0) is 13.6. The molecule has 4 heteroatoms. The van der Waals surface area contributed by atoms with E-state index in [4.69, 9.17) is 0 Å². The van der Waals surface area contributed by atoms with E-state index < -0.39 is 0 Å². The van der Waals surface area contributed by atoms with Crippen molar-refractivity contribution >= 4 is 28.6 Å². The van der Waals surface area contributed by atoms with Crippen LogP contribution in [0.2, 0.25) is 0 Å². The second-order valence-electron chi connectivity index (χ2n) is 4.34. The maximum Gasteiger partial charge on any atom is 0.223 e. The van der Waals surface area contributed by atoms with Crippen molar-refractivity contribution in [2.24, 2.45) is 0 Å². The molecule has 0 saturated heterocycles. The zero-order valence-electron chi connectivity index (χ0n) is 11.0. The molecule has 0 aliphatic rings. The van der Waals surface area contributed by atoms with Gasteiger partial charge in [-0.05, 0) is 18.2 Å². The van der Waals surface area contributed by atoms with Crippen molar-refractivity contribution in [2.75, 3.05) is 17.6 Å². The number of hydrogen-bond donors (Lipinski definition) is 1. The van der Waals surface area contributed by atoms with Crippen LogP contribution in [0.1, 0.15) is 0 Å². The van der Waals surface area contributed by atoms with Gasteiger partial charge < -0.3 is 5.32 Å². The first-order chi connectivity index (χ1) is 9.92. The maximum atomic E-state index is 4.49. The highest BCUT2D eigenvalue weighted by molar-refractivity contribution is 7.99. The van der Waals surface area contributed by atoms with Crippen LogP contribution in [0.25, 0.3) is 10.9 Å². The Morgan fingerprint density at radius 2 is 1.75 bits per heavy atom. The molecule has 3 aromatic rings. The first kappa shape index (κ1) is 12.9. The van der Waals surface area contributed by atoms with E-state index in [2.05, 4.69) is 39.6 Å². The predicted molar refractivity (Wildman–Crippen MR) is 85.2 cm³/mol. The molecule has 0 fully saturated rings. The standard InChI is InChI=1S/C16H15N3S/c1-2-7-14(8-3-1)20-11-10-17-16-18-12-13-6-4-5-9-15(13)19-16/h1-9,12H,10-11H2,(H,17,18,19). The van der Waals surface area contributed by atoms with E-state index in [0.29, 0.717) is 5.95 Å². The summed E-state index contributed by atoms with van der Waals surface area (Å²) in [6.45, 7) is 0.845. The third-order valence-corrected chi connectivity index (χ3v) is 3.90. The molecular formula is C16H15N3S. The van der Waals surface area contributed by atoms with Gasteiger partial charge in [0.2, 0.25) is 5.95 Å². The van der Waals surface area contributed by atoms with Crippen LogP contribution in [0, 0.1) is 0 Å². The Hall–Kier alpha value is -2.07. The number of thioether (sulfide) groups is 1. The molecule has 100 valence electrons. The second kappa shape index (κ2) is 6.39. The average Bonchev–Trinajstić information content (AvgIpc) is 2.52. The Bertz CT molecular complexity index is 685. The summed E-state index contributed by atoms with van der Waals surface area (Å²) < 4.78 is 0. The Labute approximate surface area is 122 Å². The molecule has 0 atom stereocenters. The smallest absolute Gasteiger partial charge is 0.223 e. The lowest BCUT2D eigenvalue weighted by molar-refractivity contribution is 1.11. The molecule has 0 amide bonds. The van der Waals surface area contributed by atoms with Crippen molar-refractivity contribution < 1.29 is 0 Å². The molecule has 0 radical (unpaired) electrons. The van der Waals surface area contributed by atoms with Crippen LogP contribution in [0.4, 0.5) is 5.95 Å². The Morgan fingerprint density at radius 3 is 2.65 bits per heavy atom. The molecule has 0 unspecified atom stereocenters. The molecule has 20 heavy (non-hydrogen) atoms. The number of fused-ring (bicyclic) bond motifs is 1. The predicted octanol–water partition coefficient (Wildman–Crippen LogP) is 3.83. The van der Waals surface area contributed by atoms with Gasteiger partial charge >= 0.3 is 0 Å². The summed E-state index contributed by atoms with van der Waals surface area (Å²) in [5.41, 5.74) is 0.973. The van der Waals surface area contributed by atoms with Crippen molar-refractivity contribution in [2.45, 2.75) is 4.90 Å². The van der Waals surface area contributed by atoms with Crippen molar-refractivity contribution in [1.29, 1.82) is 0 Å². The monoisotopic (exact) mass is 281 g/mol. The molecule has 3 nitrogen and oxygen atoms in total. The van der Waals surface area contributed by atoms with Gasteiger partial charge in [-0.3, -0.25) is 0 Å². The molecular weight excluding hydrogens is 266 g/mol. The van der Waals surface area contributed by atoms with Crippen LogP contribution in [-0.4, -0.2) is 22.3 Å². The van der Waals surface area contributed by atoms with Gasteiger partial charge in [0.15, 0.2) is 0 Å². The summed E-state index contributed by atoms with van der Waals surface area (Å²) in [6, 6.07) is 18.4. The van der Waals surface area contributed by atoms with Crippen molar-refractivity contribution in [3.63, 3.8) is 0 Å². The Kier molecular flexibility index (Phi) is 4.13. The average molecular weight is 281 g/mol. The van der Waals surface area contributed by atoms with Gasteiger partial charge in [-0.2, -0.15) is 0 Å². The lowest BCUT2D eigenvalue weighted by atomic mass is 10.2. The summed E-state index contributed by atoms with van der Waals surface area (Å²) in [5, 5.41) is 4.33. The summed E-state index contributed by atoms with van der Waals surface area (Å²) in [4.78, 5) is 10.1. The summed E-state index contributed by atoms with van der Waals surface area (Å²) in [6.07, 6.45) is 1.86. The maximum absolute atomic E-state index is 4.49. The number of benzene rings is 2. The SMILES string of the molecule is c1ccc(SCCNc2ncc3ccccc3n2)cc1. The van der Waals surface area contributed by atoms with Crippen LogP contribution < -0.4 is 5.32 Å². The van der Waals surface area contributed by atoms with Crippen molar-refractivity contribution in [3.8, 4) is 0 Å². The molecule has 1 aromatic heterocycles. The molecule has 0 aliphatic heterocycles. The van der Waals surface area contributed by atoms with Gasteiger partial charge in [-0.1, -0.05) is 36.4 Å². The molecule has 0 aliphatic carbocycles. The number of rotatable bonds is 5. The molecule has 0 spiro atoms. The largest absolute Gasteiger partial charge is 0.353 e. The van der Waals surface area contributed by atoms with Crippen LogP contribution in [0.3, 0.4) is 0 Å². The van der Waals surface area contributed by atoms with E-state index in [0.717, 1.165) is 23.2 Å². The van der Waals surface area contributed by atoms with Crippen LogP contribution in [-0.2, 0) is 0 Å². The van der Waals surface area contributed by atoms with Gasteiger partial charge in [0.1, 0.15) is 0 Å². The van der Waals surface area contributed by atoms with E-state index in [-0.39, 0.29) is 0 Å². The van der Waals surface area contributed by atoms with Crippen LogP contribution >= 0.6 is 11.8 Å². The first-order valence-corrected chi connectivity index (χ1v) is 7.54. The van der Waals surface area contributed by atoms with E-state index >= 15 is 0 Å². The number of aromatic nitrogens is 2. The summed E-state index contributed by atoms with van der Waals surface area (Å²) >= 11 is 1.83. The quantitative estimate of drug-likeness (QED) is 0.569. The zero-order valence-corrected chi connectivity index (χ0v) is 11.8. The fourth-order valence-electron chi connectivity index (χ4n) is 1.91. The number of nitrogens with one attached hydrogen (secondary N) is 1. The summed E-state index contributed by atoms with van der Waals surface area (Å²) in [5.74, 6) is 1.68. The van der Waals surface area contributed by atoms with Crippen LogP contribution in [0.5, 0.6) is 0 Å². The first-order valence-electron chi connectivity index (χ1n) is 6.55. The minimum absolute atomic E-state index is 0.692.